The van der Waals surface area contributed by atoms with Gasteiger partial charge in [-0.25, -0.2) is 4.57 Å². The van der Waals surface area contributed by atoms with Crippen LogP contribution in [0.4, 0.5) is 0 Å². The van der Waals surface area contributed by atoms with E-state index in [4.69, 9.17) is 13.8 Å². The molecule has 0 aromatic rings. The van der Waals surface area contributed by atoms with Crippen LogP contribution in [-0.4, -0.2) is 74.3 Å². The SMILES string of the molecule is CC/C=C\C/C=C\C/C=C\C/C=C\C/C=C\CCCCCCCCCCCCCC(=O)OC(/C=C\CCCCCCCCCCCC)C(COP(=O)(O)OCC[N+](C)(C)C)NC(=O)CCCCCCCCCCCCC/C=C/CCCCCCCC. The molecule has 500 valence electrons. The number of nitrogens with zero attached hydrogens (tertiary/aromatic N) is 1. The number of ether oxygens (including phenoxy) is 1. The minimum absolute atomic E-state index is 0.0381. The second-order valence-electron chi connectivity index (χ2n) is 25.7. The molecule has 0 aliphatic heterocycles. The van der Waals surface area contributed by atoms with Crippen molar-refractivity contribution in [3.63, 3.8) is 0 Å². The van der Waals surface area contributed by atoms with Gasteiger partial charge in [0.05, 0.1) is 33.8 Å². The van der Waals surface area contributed by atoms with E-state index in [0.717, 1.165) is 89.9 Å². The molecule has 0 heterocycles. The number of quaternary nitrogens is 1. The van der Waals surface area contributed by atoms with Gasteiger partial charge in [0, 0.05) is 12.8 Å². The van der Waals surface area contributed by atoms with Crippen molar-refractivity contribution < 1.29 is 37.3 Å². The molecule has 0 aliphatic carbocycles. The number of hydrogen-bond acceptors (Lipinski definition) is 6. The summed E-state index contributed by atoms with van der Waals surface area (Å²) in [6.07, 6.45) is 87.4. The number of esters is 1. The van der Waals surface area contributed by atoms with E-state index >= 15 is 0 Å². The van der Waals surface area contributed by atoms with Crippen LogP contribution in [0.1, 0.15) is 335 Å². The van der Waals surface area contributed by atoms with Gasteiger partial charge in [-0.15, -0.1) is 0 Å². The van der Waals surface area contributed by atoms with E-state index in [-0.39, 0.29) is 31.5 Å². The molecule has 9 nitrogen and oxygen atoms in total. The van der Waals surface area contributed by atoms with Gasteiger partial charge in [-0.3, -0.25) is 18.6 Å². The third kappa shape index (κ3) is 65.6. The highest BCUT2D eigenvalue weighted by Gasteiger charge is 2.30. The molecule has 0 bridgehead atoms. The predicted molar refractivity (Wildman–Crippen MR) is 374 cm³/mol. The summed E-state index contributed by atoms with van der Waals surface area (Å²) in [4.78, 5) is 37.9. The zero-order chi connectivity index (χ0) is 62.8. The van der Waals surface area contributed by atoms with Gasteiger partial charge in [-0.05, 0) is 102 Å². The van der Waals surface area contributed by atoms with E-state index < -0.39 is 20.0 Å². The van der Waals surface area contributed by atoms with Crippen LogP contribution in [0.25, 0.3) is 0 Å². The maximum atomic E-state index is 13.6. The number of phosphoric acid groups is 1. The molecule has 3 atom stereocenters. The first-order valence-corrected chi connectivity index (χ1v) is 37.9. The fraction of sp³-hybridized carbons (Fsp3) is 0.789. The zero-order valence-electron chi connectivity index (χ0n) is 57.3. The number of amides is 1. The topological polar surface area (TPSA) is 111 Å². The van der Waals surface area contributed by atoms with Crippen LogP contribution in [0.15, 0.2) is 85.1 Å². The molecule has 0 saturated carbocycles. The largest absolute Gasteiger partial charge is 0.472 e. The van der Waals surface area contributed by atoms with Crippen LogP contribution in [0.2, 0.25) is 0 Å². The first kappa shape index (κ1) is 83.2. The van der Waals surface area contributed by atoms with E-state index in [1.54, 1.807) is 0 Å². The summed E-state index contributed by atoms with van der Waals surface area (Å²) in [7, 11) is 1.50. The van der Waals surface area contributed by atoms with Gasteiger partial charge in [0.2, 0.25) is 5.91 Å². The van der Waals surface area contributed by atoms with Crippen molar-refractivity contribution in [1.29, 1.82) is 0 Å². The number of rotatable bonds is 66. The number of unbranched alkanes of at least 4 members (excludes halogenated alkanes) is 38. The summed E-state index contributed by atoms with van der Waals surface area (Å²) in [5.41, 5.74) is 0. The van der Waals surface area contributed by atoms with E-state index in [1.165, 1.54) is 212 Å². The van der Waals surface area contributed by atoms with Gasteiger partial charge in [0.15, 0.2) is 0 Å². The standard InChI is InChI=1S/C76H139N2O7P/c1-7-10-13-16-19-22-25-28-30-32-34-36-37-38-39-40-41-43-45-47-49-51-54-57-60-63-66-69-76(80)85-74(67-64-61-58-55-52-27-24-21-18-15-12-9-3)73(72-84-86(81,82)83-71-70-78(4,5)6)77-75(79)68-65-62-59-56-53-50-48-46-44-42-35-33-31-29-26-23-20-17-14-11-8-2/h10,13,19,22,28-31,34,36,38-39,64,67,73-74H,7-9,11-12,14-18,20-21,23-27,32-33,35,37,40-63,65-66,68-72H2,1-6H3,(H-,77,79,81,82)/p+1/b13-10-,22-19-,30-28-,31-29+,36-34-,39-38-,67-64-. The summed E-state index contributed by atoms with van der Waals surface area (Å²) >= 11 is 0. The lowest BCUT2D eigenvalue weighted by Gasteiger charge is -2.27. The lowest BCUT2D eigenvalue weighted by molar-refractivity contribution is -0.870. The fourth-order valence-corrected chi connectivity index (χ4v) is 11.2. The lowest BCUT2D eigenvalue weighted by atomic mass is 10.0. The van der Waals surface area contributed by atoms with Crippen LogP contribution in [0.5, 0.6) is 0 Å². The highest BCUT2D eigenvalue weighted by Crippen LogP contribution is 2.43. The smallest absolute Gasteiger partial charge is 0.456 e. The molecular formula is C76H140N2O7P+. The Morgan fingerprint density at radius 1 is 0.419 bits per heavy atom. The van der Waals surface area contributed by atoms with Gasteiger partial charge in [0.25, 0.3) is 0 Å². The zero-order valence-corrected chi connectivity index (χ0v) is 58.2. The molecule has 0 aliphatic rings. The van der Waals surface area contributed by atoms with Gasteiger partial charge in [-0.2, -0.15) is 0 Å². The molecule has 0 saturated heterocycles. The van der Waals surface area contributed by atoms with Crippen LogP contribution in [0.3, 0.4) is 0 Å². The van der Waals surface area contributed by atoms with Crippen molar-refractivity contribution in [3.8, 4) is 0 Å². The quantitative estimate of drug-likeness (QED) is 0.0205. The second kappa shape index (κ2) is 65.2. The number of carbonyl (C=O) groups is 2. The number of carbonyl (C=O) groups excluding carboxylic acids is 2. The van der Waals surface area contributed by atoms with E-state index in [9.17, 15) is 19.0 Å². The van der Waals surface area contributed by atoms with E-state index in [0.29, 0.717) is 17.4 Å². The minimum Gasteiger partial charge on any atom is -0.456 e. The average Bonchev–Trinajstić information content (AvgIpc) is 3.65. The molecule has 0 aromatic heterocycles. The number of hydrogen-bond donors (Lipinski definition) is 2. The molecule has 0 fully saturated rings. The van der Waals surface area contributed by atoms with Crippen LogP contribution in [0, 0.1) is 0 Å². The number of phosphoric ester groups is 1. The molecular weight excluding hydrogens is 1080 g/mol. The summed E-state index contributed by atoms with van der Waals surface area (Å²) in [5, 5.41) is 3.07. The predicted octanol–water partition coefficient (Wildman–Crippen LogP) is 23.3. The van der Waals surface area contributed by atoms with Gasteiger partial charge >= 0.3 is 13.8 Å². The fourth-order valence-electron chi connectivity index (χ4n) is 10.5. The third-order valence-corrected chi connectivity index (χ3v) is 17.1. The molecule has 0 rings (SSSR count). The van der Waals surface area contributed by atoms with Crippen LogP contribution >= 0.6 is 7.82 Å². The molecule has 1 amide bonds. The highest BCUT2D eigenvalue weighted by atomic mass is 31.2. The van der Waals surface area contributed by atoms with Crippen molar-refractivity contribution in [2.45, 2.75) is 348 Å². The third-order valence-electron chi connectivity index (χ3n) is 16.1. The Labute approximate surface area is 533 Å². The molecule has 10 heteroatoms. The Kier molecular flexibility index (Phi) is 63.0. The van der Waals surface area contributed by atoms with Crippen molar-refractivity contribution in [2.75, 3.05) is 40.9 Å². The Balaban J connectivity index is 5.03. The van der Waals surface area contributed by atoms with Crippen molar-refractivity contribution in [3.05, 3.63) is 85.1 Å². The van der Waals surface area contributed by atoms with Gasteiger partial charge in [-0.1, -0.05) is 305 Å². The minimum atomic E-state index is -4.46. The van der Waals surface area contributed by atoms with Gasteiger partial charge in [0.1, 0.15) is 19.3 Å². The van der Waals surface area contributed by atoms with E-state index in [2.05, 4.69) is 99.0 Å². The monoisotopic (exact) mass is 1220 g/mol. The van der Waals surface area contributed by atoms with Crippen molar-refractivity contribution in [1.82, 2.24) is 5.32 Å². The van der Waals surface area contributed by atoms with Crippen molar-refractivity contribution in [2.24, 2.45) is 0 Å². The van der Waals surface area contributed by atoms with Crippen LogP contribution < -0.4 is 5.32 Å². The highest BCUT2D eigenvalue weighted by molar-refractivity contribution is 7.47. The Bertz CT molecular complexity index is 1750. The average molecular weight is 1220 g/mol. The number of nitrogens with one attached hydrogen (secondary N) is 1. The van der Waals surface area contributed by atoms with Crippen LogP contribution in [-0.2, 0) is 27.9 Å². The lowest BCUT2D eigenvalue weighted by Crippen LogP contribution is -2.47. The summed E-state index contributed by atoms with van der Waals surface area (Å²) in [6, 6.07) is -0.854. The maximum Gasteiger partial charge on any atom is 0.472 e. The normalized spacial score (nSPS) is 14.0. The summed E-state index contributed by atoms with van der Waals surface area (Å²) in [6.45, 7) is 6.93. The Morgan fingerprint density at radius 2 is 0.744 bits per heavy atom. The molecule has 2 N–H and O–H groups in total. The number of likely N-dealkylation sites (N-methyl/N-ethyl adjacent to an activating group) is 1. The summed E-state index contributed by atoms with van der Waals surface area (Å²) < 4.78 is 30.9. The maximum absolute atomic E-state index is 13.6. The molecule has 3 unspecified atom stereocenters. The Morgan fingerprint density at radius 3 is 1.13 bits per heavy atom. The van der Waals surface area contributed by atoms with Crippen molar-refractivity contribution >= 4 is 19.7 Å². The first-order chi connectivity index (χ1) is 41.9. The molecule has 0 aromatic carbocycles. The second-order valence-corrected chi connectivity index (χ2v) is 27.2. The summed E-state index contributed by atoms with van der Waals surface area (Å²) in [5.74, 6) is -0.501. The Hall–Kier alpha value is -2.81. The molecule has 86 heavy (non-hydrogen) atoms. The first-order valence-electron chi connectivity index (χ1n) is 36.4. The molecule has 0 spiro atoms. The van der Waals surface area contributed by atoms with Gasteiger partial charge < -0.3 is 19.4 Å². The number of allylic oxidation sites excluding steroid dienone is 13. The van der Waals surface area contributed by atoms with E-state index in [1.807, 2.05) is 33.3 Å². The molecule has 0 radical (unpaired) electrons.